The number of hydrogen-bond donors (Lipinski definition) is 5. The maximum absolute atomic E-state index is 12.3. The predicted molar refractivity (Wildman–Crippen MR) is 155 cm³/mol. The van der Waals surface area contributed by atoms with Crippen LogP contribution in [0.2, 0.25) is 0 Å². The third kappa shape index (κ3) is 12.6. The molecule has 39 heavy (non-hydrogen) atoms. The molecule has 0 radical (unpaired) electrons. The van der Waals surface area contributed by atoms with Crippen LogP contribution in [0, 0.1) is 5.92 Å². The minimum atomic E-state index is -0.0485. The van der Waals surface area contributed by atoms with Crippen LogP contribution in [0.25, 0.3) is 0 Å². The molecule has 1 aliphatic carbocycles. The van der Waals surface area contributed by atoms with Crippen molar-refractivity contribution in [3.8, 4) is 0 Å². The normalized spacial score (nSPS) is 13.7. The number of nitrogens with one attached hydrogen (secondary N) is 4. The van der Waals surface area contributed by atoms with E-state index in [4.69, 9.17) is 15.2 Å². The van der Waals surface area contributed by atoms with Crippen molar-refractivity contribution in [1.82, 2.24) is 20.3 Å². The molecule has 1 saturated carbocycles. The van der Waals surface area contributed by atoms with Crippen molar-refractivity contribution < 1.29 is 14.3 Å². The van der Waals surface area contributed by atoms with Crippen LogP contribution in [0.5, 0.6) is 0 Å². The molecule has 11 nitrogen and oxygen atoms in total. The van der Waals surface area contributed by atoms with Gasteiger partial charge in [-0.3, -0.25) is 4.79 Å². The van der Waals surface area contributed by atoms with E-state index >= 15 is 0 Å². The van der Waals surface area contributed by atoms with Gasteiger partial charge < -0.3 is 36.5 Å². The lowest BCUT2D eigenvalue weighted by Crippen LogP contribution is -2.29. The summed E-state index contributed by atoms with van der Waals surface area (Å²) in [5, 5.41) is 12.9. The van der Waals surface area contributed by atoms with Crippen LogP contribution >= 0.6 is 0 Å². The number of benzene rings is 1. The molecule has 216 valence electrons. The van der Waals surface area contributed by atoms with Gasteiger partial charge in [-0.25, -0.2) is 0 Å². The lowest BCUT2D eigenvalue weighted by atomic mass is 9.89. The second-order valence-corrected chi connectivity index (χ2v) is 9.83. The van der Waals surface area contributed by atoms with Crippen molar-refractivity contribution in [2.75, 3.05) is 68.6 Å². The van der Waals surface area contributed by atoms with Crippen molar-refractivity contribution in [3.63, 3.8) is 0 Å². The Bertz CT molecular complexity index is 954. The SMILES string of the molecule is CCCCNc1nc(NCC2CCCCC2)nc(Nc2ccc(CC(=O)NCCOCCOCCN)cc2)n1. The Morgan fingerprint density at radius 1 is 0.897 bits per heavy atom. The monoisotopic (exact) mass is 542 g/mol. The highest BCUT2D eigenvalue weighted by Crippen LogP contribution is 2.24. The van der Waals surface area contributed by atoms with Crippen molar-refractivity contribution >= 4 is 29.4 Å². The van der Waals surface area contributed by atoms with E-state index in [1.807, 2.05) is 24.3 Å². The molecule has 11 heteroatoms. The summed E-state index contributed by atoms with van der Waals surface area (Å²) in [5.41, 5.74) is 7.12. The molecular formula is C28H46N8O3. The highest BCUT2D eigenvalue weighted by Gasteiger charge is 2.14. The zero-order valence-electron chi connectivity index (χ0n) is 23.3. The molecule has 0 aliphatic heterocycles. The number of rotatable bonds is 19. The fraction of sp³-hybridized carbons (Fsp3) is 0.643. The summed E-state index contributed by atoms with van der Waals surface area (Å²) >= 11 is 0. The molecule has 3 rings (SSSR count). The summed E-state index contributed by atoms with van der Waals surface area (Å²) in [6.07, 6.45) is 8.90. The highest BCUT2D eigenvalue weighted by molar-refractivity contribution is 5.78. The first-order chi connectivity index (χ1) is 19.2. The molecule has 6 N–H and O–H groups in total. The van der Waals surface area contributed by atoms with Crippen LogP contribution in [0.4, 0.5) is 23.5 Å². The van der Waals surface area contributed by atoms with Crippen molar-refractivity contribution in [3.05, 3.63) is 29.8 Å². The van der Waals surface area contributed by atoms with E-state index in [-0.39, 0.29) is 5.91 Å². The summed E-state index contributed by atoms with van der Waals surface area (Å²) in [6.45, 7) is 6.77. The van der Waals surface area contributed by atoms with Gasteiger partial charge in [0.05, 0.1) is 32.8 Å². The van der Waals surface area contributed by atoms with Gasteiger partial charge in [-0.15, -0.1) is 0 Å². The van der Waals surface area contributed by atoms with Crippen LogP contribution in [0.1, 0.15) is 57.4 Å². The number of aromatic nitrogens is 3. The molecule has 0 unspecified atom stereocenters. The lowest BCUT2D eigenvalue weighted by molar-refractivity contribution is -0.120. The number of nitrogens with two attached hydrogens (primary N) is 1. The zero-order valence-corrected chi connectivity index (χ0v) is 23.3. The third-order valence-electron chi connectivity index (χ3n) is 6.50. The maximum Gasteiger partial charge on any atom is 0.233 e. The number of hydrogen-bond acceptors (Lipinski definition) is 10. The Morgan fingerprint density at radius 2 is 1.59 bits per heavy atom. The van der Waals surface area contributed by atoms with E-state index in [0.717, 1.165) is 37.2 Å². The molecule has 1 fully saturated rings. The molecule has 1 aromatic heterocycles. The van der Waals surface area contributed by atoms with Crippen LogP contribution in [0.15, 0.2) is 24.3 Å². The number of amides is 1. The Morgan fingerprint density at radius 3 is 2.31 bits per heavy atom. The Hall–Kier alpha value is -3.02. The molecule has 2 aromatic rings. The Kier molecular flexibility index (Phi) is 14.3. The van der Waals surface area contributed by atoms with Crippen LogP contribution in [-0.4, -0.2) is 73.5 Å². The lowest BCUT2D eigenvalue weighted by Gasteiger charge is -2.21. The quantitative estimate of drug-likeness (QED) is 0.167. The van der Waals surface area contributed by atoms with E-state index in [1.165, 1.54) is 32.1 Å². The van der Waals surface area contributed by atoms with Crippen molar-refractivity contribution in [1.29, 1.82) is 0 Å². The fourth-order valence-corrected chi connectivity index (χ4v) is 4.34. The molecule has 1 aliphatic rings. The van der Waals surface area contributed by atoms with Gasteiger partial charge in [-0.1, -0.05) is 44.7 Å². The molecule has 0 spiro atoms. The maximum atomic E-state index is 12.3. The third-order valence-corrected chi connectivity index (χ3v) is 6.50. The first-order valence-electron chi connectivity index (χ1n) is 14.4. The summed E-state index contributed by atoms with van der Waals surface area (Å²) in [5.74, 6) is 2.24. The summed E-state index contributed by atoms with van der Waals surface area (Å²) < 4.78 is 10.7. The number of carbonyl (C=O) groups excluding carboxylic acids is 1. The zero-order chi connectivity index (χ0) is 27.5. The van der Waals surface area contributed by atoms with Crippen LogP contribution in [-0.2, 0) is 20.7 Å². The van der Waals surface area contributed by atoms with E-state index in [9.17, 15) is 4.79 Å². The number of unbranched alkanes of at least 4 members (excludes halogenated alkanes) is 1. The summed E-state index contributed by atoms with van der Waals surface area (Å²) in [6, 6.07) is 7.71. The summed E-state index contributed by atoms with van der Waals surface area (Å²) in [7, 11) is 0. The van der Waals surface area contributed by atoms with Gasteiger partial charge in [0.15, 0.2) is 0 Å². The molecule has 1 heterocycles. The fourth-order valence-electron chi connectivity index (χ4n) is 4.34. The van der Waals surface area contributed by atoms with Gasteiger partial charge in [-0.05, 0) is 42.9 Å². The molecule has 0 saturated heterocycles. The predicted octanol–water partition coefficient (Wildman–Crippen LogP) is 3.47. The number of carbonyl (C=O) groups is 1. The van der Waals surface area contributed by atoms with Crippen LogP contribution in [0.3, 0.4) is 0 Å². The first-order valence-corrected chi connectivity index (χ1v) is 14.4. The Balaban J connectivity index is 1.48. The van der Waals surface area contributed by atoms with E-state index in [2.05, 4.69) is 43.1 Å². The number of ether oxygens (including phenoxy) is 2. The molecule has 1 aromatic carbocycles. The number of anilines is 4. The molecule has 0 atom stereocenters. The van der Waals surface area contributed by atoms with Gasteiger partial charge in [0, 0.05) is 31.9 Å². The Labute approximate surface area is 232 Å². The second kappa shape index (κ2) is 18.3. The first kappa shape index (κ1) is 30.5. The standard InChI is InChI=1S/C28H46N8O3/c1-2-3-14-31-26-34-27(32-21-23-7-5-4-6-8-23)36-28(35-26)33-24-11-9-22(10-12-24)20-25(37)30-15-17-39-19-18-38-16-13-29/h9-12,23H,2-8,13-21,29H2,1H3,(H,30,37)(H3,31,32,33,34,35,36). The van der Waals surface area contributed by atoms with Gasteiger partial charge in [0.25, 0.3) is 0 Å². The average molecular weight is 543 g/mol. The van der Waals surface area contributed by atoms with Crippen molar-refractivity contribution in [2.45, 2.75) is 58.3 Å². The van der Waals surface area contributed by atoms with E-state index < -0.39 is 0 Å². The van der Waals surface area contributed by atoms with E-state index in [0.29, 0.717) is 69.7 Å². The van der Waals surface area contributed by atoms with Crippen molar-refractivity contribution in [2.24, 2.45) is 11.7 Å². The molecule has 0 bridgehead atoms. The van der Waals surface area contributed by atoms with Gasteiger partial charge in [0.1, 0.15) is 0 Å². The summed E-state index contributed by atoms with van der Waals surface area (Å²) in [4.78, 5) is 26.0. The minimum absolute atomic E-state index is 0.0485. The van der Waals surface area contributed by atoms with Crippen LogP contribution < -0.4 is 27.0 Å². The topological polar surface area (TPSA) is 148 Å². The smallest absolute Gasteiger partial charge is 0.233 e. The highest BCUT2D eigenvalue weighted by atomic mass is 16.5. The minimum Gasteiger partial charge on any atom is -0.378 e. The van der Waals surface area contributed by atoms with Gasteiger partial charge in [0.2, 0.25) is 23.8 Å². The van der Waals surface area contributed by atoms with Gasteiger partial charge in [-0.2, -0.15) is 15.0 Å². The van der Waals surface area contributed by atoms with E-state index in [1.54, 1.807) is 0 Å². The van der Waals surface area contributed by atoms with Gasteiger partial charge >= 0.3 is 0 Å². The molecular weight excluding hydrogens is 496 g/mol. The largest absolute Gasteiger partial charge is 0.378 e. The number of nitrogens with zero attached hydrogens (tertiary/aromatic N) is 3. The molecule has 1 amide bonds. The average Bonchev–Trinajstić information content (AvgIpc) is 2.95. The second-order valence-electron chi connectivity index (χ2n) is 9.83.